The molecule has 1 aromatic carbocycles. The molecule has 0 unspecified atom stereocenters. The smallest absolute Gasteiger partial charge is 0.331 e. The first-order valence-corrected chi connectivity index (χ1v) is 5.44. The molecule has 0 heterocycles. The van der Waals surface area contributed by atoms with Gasteiger partial charge in [0, 0.05) is 12.6 Å². The quantitative estimate of drug-likeness (QED) is 0.477. The van der Waals surface area contributed by atoms with E-state index in [1.165, 1.54) is 0 Å². The Hall–Kier alpha value is -2.63. The van der Waals surface area contributed by atoms with Gasteiger partial charge in [-0.15, -0.1) is 0 Å². The number of amides is 1. The number of hydrogen-bond donors (Lipinski definition) is 2. The summed E-state index contributed by atoms with van der Waals surface area (Å²) in [5.74, 6) is -2.66. The number of carboxylic acids is 1. The second-order valence-electron chi connectivity index (χ2n) is 3.63. The highest BCUT2D eigenvalue weighted by Gasteiger charge is 2.11. The van der Waals surface area contributed by atoms with Crippen molar-refractivity contribution >= 4 is 23.5 Å². The SMILES string of the molecule is CC(=O)OC(=CC(=O)O)CC(=O)Nc1ccccc1. The Labute approximate surface area is 109 Å². The number of para-hydroxylation sites is 1. The van der Waals surface area contributed by atoms with Crippen LogP contribution in [-0.2, 0) is 19.1 Å². The number of carboxylic acid groups (broad SMARTS) is 1. The van der Waals surface area contributed by atoms with Gasteiger partial charge in [-0.3, -0.25) is 9.59 Å². The number of hydrogen-bond acceptors (Lipinski definition) is 4. The third kappa shape index (κ3) is 6.02. The van der Waals surface area contributed by atoms with Crippen molar-refractivity contribution in [3.8, 4) is 0 Å². The van der Waals surface area contributed by atoms with E-state index in [0.717, 1.165) is 6.92 Å². The molecule has 1 amide bonds. The lowest BCUT2D eigenvalue weighted by molar-refractivity contribution is -0.137. The lowest BCUT2D eigenvalue weighted by Crippen LogP contribution is -2.15. The molecule has 0 aromatic heterocycles. The van der Waals surface area contributed by atoms with Crippen molar-refractivity contribution in [2.45, 2.75) is 13.3 Å². The van der Waals surface area contributed by atoms with E-state index in [0.29, 0.717) is 11.8 Å². The fraction of sp³-hybridized carbons (Fsp3) is 0.154. The lowest BCUT2D eigenvalue weighted by Gasteiger charge is -2.07. The van der Waals surface area contributed by atoms with Crippen molar-refractivity contribution in [2.24, 2.45) is 0 Å². The minimum atomic E-state index is -1.29. The summed E-state index contributed by atoms with van der Waals surface area (Å²) in [7, 11) is 0. The number of aliphatic carboxylic acids is 1. The van der Waals surface area contributed by atoms with Crippen LogP contribution in [0.25, 0.3) is 0 Å². The third-order valence-corrected chi connectivity index (χ3v) is 1.95. The number of carbonyl (C=O) groups is 3. The highest BCUT2D eigenvalue weighted by Crippen LogP contribution is 2.09. The molecule has 0 fully saturated rings. The maximum Gasteiger partial charge on any atom is 0.331 e. The molecular formula is C13H13NO5. The van der Waals surface area contributed by atoms with Gasteiger partial charge in [-0.25, -0.2) is 4.79 Å². The predicted octanol–water partition coefficient (Wildman–Crippen LogP) is 1.55. The molecule has 1 aromatic rings. The van der Waals surface area contributed by atoms with Crippen molar-refractivity contribution in [2.75, 3.05) is 5.32 Å². The number of anilines is 1. The van der Waals surface area contributed by atoms with Crippen LogP contribution in [0.2, 0.25) is 0 Å². The first kappa shape index (κ1) is 14.4. The molecule has 0 atom stereocenters. The van der Waals surface area contributed by atoms with Crippen LogP contribution >= 0.6 is 0 Å². The Balaban J connectivity index is 2.66. The molecule has 0 spiro atoms. The molecule has 0 bridgehead atoms. The Kier molecular flexibility index (Phi) is 5.28. The van der Waals surface area contributed by atoms with Gasteiger partial charge in [0.15, 0.2) is 0 Å². The van der Waals surface area contributed by atoms with Crippen LogP contribution in [-0.4, -0.2) is 23.0 Å². The summed E-state index contributed by atoms with van der Waals surface area (Å²) in [6.07, 6.45) is 0.354. The van der Waals surface area contributed by atoms with Gasteiger partial charge in [0.2, 0.25) is 5.91 Å². The topological polar surface area (TPSA) is 92.7 Å². The Morgan fingerprint density at radius 3 is 2.42 bits per heavy atom. The zero-order valence-corrected chi connectivity index (χ0v) is 10.3. The van der Waals surface area contributed by atoms with Gasteiger partial charge in [0.1, 0.15) is 5.76 Å². The van der Waals surface area contributed by atoms with Crippen LogP contribution in [0.1, 0.15) is 13.3 Å². The predicted molar refractivity (Wildman–Crippen MR) is 67.2 cm³/mol. The first-order valence-electron chi connectivity index (χ1n) is 5.44. The maximum absolute atomic E-state index is 11.6. The molecule has 0 radical (unpaired) electrons. The average Bonchev–Trinajstić information content (AvgIpc) is 2.27. The largest absolute Gasteiger partial charge is 0.478 e. The van der Waals surface area contributed by atoms with Crippen LogP contribution in [0.4, 0.5) is 5.69 Å². The first-order chi connectivity index (χ1) is 8.97. The van der Waals surface area contributed by atoms with E-state index in [4.69, 9.17) is 5.11 Å². The van der Waals surface area contributed by atoms with E-state index >= 15 is 0 Å². The van der Waals surface area contributed by atoms with Crippen LogP contribution in [0.15, 0.2) is 42.2 Å². The van der Waals surface area contributed by atoms with E-state index in [2.05, 4.69) is 10.1 Å². The molecule has 6 heteroatoms. The summed E-state index contributed by atoms with van der Waals surface area (Å²) in [4.78, 5) is 33.0. The number of rotatable bonds is 5. The molecule has 0 saturated carbocycles. The molecule has 0 saturated heterocycles. The lowest BCUT2D eigenvalue weighted by atomic mass is 10.2. The second-order valence-corrected chi connectivity index (χ2v) is 3.63. The number of carbonyl (C=O) groups excluding carboxylic acids is 2. The minimum Gasteiger partial charge on any atom is -0.478 e. The number of nitrogens with one attached hydrogen (secondary N) is 1. The zero-order chi connectivity index (χ0) is 14.3. The molecule has 0 aliphatic carbocycles. The molecule has 0 aliphatic rings. The van der Waals surface area contributed by atoms with Crippen LogP contribution in [0.3, 0.4) is 0 Å². The summed E-state index contributed by atoms with van der Waals surface area (Å²) in [5.41, 5.74) is 0.574. The van der Waals surface area contributed by atoms with Crippen molar-refractivity contribution < 1.29 is 24.2 Å². The van der Waals surface area contributed by atoms with E-state index in [1.807, 2.05) is 0 Å². The van der Waals surface area contributed by atoms with E-state index in [9.17, 15) is 14.4 Å². The van der Waals surface area contributed by atoms with Gasteiger partial charge in [0.25, 0.3) is 0 Å². The maximum atomic E-state index is 11.6. The highest BCUT2D eigenvalue weighted by molar-refractivity contribution is 5.93. The summed E-state index contributed by atoms with van der Waals surface area (Å²) in [6.45, 7) is 1.13. The number of esters is 1. The molecular weight excluding hydrogens is 250 g/mol. The van der Waals surface area contributed by atoms with Crippen LogP contribution in [0.5, 0.6) is 0 Å². The standard InChI is InChI=1S/C13H13NO5/c1-9(15)19-11(8-13(17)18)7-12(16)14-10-5-3-2-4-6-10/h2-6,8H,7H2,1H3,(H,14,16)(H,17,18). The highest BCUT2D eigenvalue weighted by atomic mass is 16.5. The number of benzene rings is 1. The van der Waals surface area contributed by atoms with Crippen LogP contribution < -0.4 is 5.32 Å². The summed E-state index contributed by atoms with van der Waals surface area (Å²) in [5, 5.41) is 11.2. The molecule has 2 N–H and O–H groups in total. The van der Waals surface area contributed by atoms with Gasteiger partial charge >= 0.3 is 11.9 Å². The summed E-state index contributed by atoms with van der Waals surface area (Å²) < 4.78 is 4.65. The molecule has 6 nitrogen and oxygen atoms in total. The Morgan fingerprint density at radius 1 is 1.26 bits per heavy atom. The van der Waals surface area contributed by atoms with Gasteiger partial charge in [-0.2, -0.15) is 0 Å². The van der Waals surface area contributed by atoms with Crippen molar-refractivity contribution in [3.05, 3.63) is 42.2 Å². The van der Waals surface area contributed by atoms with Crippen molar-refractivity contribution in [1.82, 2.24) is 0 Å². The third-order valence-electron chi connectivity index (χ3n) is 1.95. The van der Waals surface area contributed by atoms with Crippen LogP contribution in [0, 0.1) is 0 Å². The van der Waals surface area contributed by atoms with Gasteiger partial charge < -0.3 is 15.2 Å². The fourth-order valence-corrected chi connectivity index (χ4v) is 1.32. The Morgan fingerprint density at radius 2 is 1.89 bits per heavy atom. The second kappa shape index (κ2) is 6.95. The normalized spacial score (nSPS) is 10.7. The monoisotopic (exact) mass is 263 g/mol. The van der Waals surface area contributed by atoms with Gasteiger partial charge in [-0.05, 0) is 12.1 Å². The number of ether oxygens (including phenoxy) is 1. The molecule has 19 heavy (non-hydrogen) atoms. The van der Waals surface area contributed by atoms with E-state index in [1.54, 1.807) is 30.3 Å². The molecule has 100 valence electrons. The summed E-state index contributed by atoms with van der Waals surface area (Å²) in [6, 6.07) is 8.66. The van der Waals surface area contributed by atoms with Crippen molar-refractivity contribution in [1.29, 1.82) is 0 Å². The van der Waals surface area contributed by atoms with Gasteiger partial charge in [-0.1, -0.05) is 18.2 Å². The van der Waals surface area contributed by atoms with Gasteiger partial charge in [0.05, 0.1) is 12.5 Å². The van der Waals surface area contributed by atoms with E-state index < -0.39 is 17.8 Å². The minimum absolute atomic E-state index is 0.214. The molecule has 0 aliphatic heterocycles. The average molecular weight is 263 g/mol. The summed E-state index contributed by atoms with van der Waals surface area (Å²) >= 11 is 0. The van der Waals surface area contributed by atoms with Crippen molar-refractivity contribution in [3.63, 3.8) is 0 Å². The Bertz CT molecular complexity index is 507. The fourth-order valence-electron chi connectivity index (χ4n) is 1.32. The molecule has 1 rings (SSSR count). The van der Waals surface area contributed by atoms with E-state index in [-0.39, 0.29) is 12.2 Å². The zero-order valence-electron chi connectivity index (χ0n) is 10.3.